The molecule has 30 heavy (non-hydrogen) atoms. The number of aromatic nitrogens is 6. The van der Waals surface area contributed by atoms with E-state index in [0.717, 1.165) is 17.1 Å². The normalized spacial score (nSPS) is 11.0. The SMILES string of the molecule is Cc1ccc(OCCSc2nnnn2-c2c(C)n(C)n(-c3ccccc3)c2=O)cc1. The Hall–Kier alpha value is -3.33. The van der Waals surface area contributed by atoms with Gasteiger partial charge in [0.2, 0.25) is 5.16 Å². The van der Waals surface area contributed by atoms with Gasteiger partial charge in [0.05, 0.1) is 18.0 Å². The van der Waals surface area contributed by atoms with Gasteiger partial charge in [-0.1, -0.05) is 47.7 Å². The Labute approximate surface area is 178 Å². The lowest BCUT2D eigenvalue weighted by atomic mass is 10.2. The third-order valence-electron chi connectivity index (χ3n) is 4.78. The van der Waals surface area contributed by atoms with Crippen molar-refractivity contribution in [2.75, 3.05) is 12.4 Å². The highest BCUT2D eigenvalue weighted by molar-refractivity contribution is 7.99. The number of aryl methyl sites for hydroxylation is 1. The third kappa shape index (κ3) is 3.88. The van der Waals surface area contributed by atoms with E-state index in [2.05, 4.69) is 15.5 Å². The minimum atomic E-state index is -0.175. The van der Waals surface area contributed by atoms with E-state index in [1.807, 2.05) is 80.2 Å². The maximum absolute atomic E-state index is 13.2. The van der Waals surface area contributed by atoms with Crippen LogP contribution in [0.2, 0.25) is 0 Å². The fourth-order valence-corrected chi connectivity index (χ4v) is 3.83. The van der Waals surface area contributed by atoms with E-state index in [1.165, 1.54) is 22.0 Å². The number of thioether (sulfide) groups is 1. The molecule has 2 aromatic carbocycles. The highest BCUT2D eigenvalue weighted by Crippen LogP contribution is 2.20. The van der Waals surface area contributed by atoms with E-state index in [9.17, 15) is 4.79 Å². The molecular formula is C21H22N6O2S. The number of ether oxygens (including phenoxy) is 1. The van der Waals surface area contributed by atoms with Crippen molar-refractivity contribution in [3.63, 3.8) is 0 Å². The predicted molar refractivity (Wildman–Crippen MR) is 116 cm³/mol. The molecule has 0 radical (unpaired) electrons. The summed E-state index contributed by atoms with van der Waals surface area (Å²) in [6.45, 7) is 4.42. The van der Waals surface area contributed by atoms with Gasteiger partial charge in [-0.15, -0.1) is 5.10 Å². The fraction of sp³-hybridized carbons (Fsp3) is 0.238. The predicted octanol–water partition coefficient (Wildman–Crippen LogP) is 2.94. The van der Waals surface area contributed by atoms with Gasteiger partial charge in [-0.3, -0.25) is 9.48 Å². The Morgan fingerprint density at radius 2 is 1.77 bits per heavy atom. The van der Waals surface area contributed by atoms with Crippen LogP contribution in [0.1, 0.15) is 11.3 Å². The van der Waals surface area contributed by atoms with Crippen molar-refractivity contribution in [2.24, 2.45) is 7.05 Å². The second kappa shape index (κ2) is 8.58. The standard InChI is InChI=1S/C21H22N6O2S/c1-15-9-11-18(12-10-15)29-13-14-30-21-22-23-24-26(21)19-16(2)25(3)27(20(19)28)17-7-5-4-6-8-17/h4-12H,13-14H2,1-3H3. The molecule has 154 valence electrons. The lowest BCUT2D eigenvalue weighted by Gasteiger charge is -2.07. The second-order valence-corrected chi connectivity index (χ2v) is 7.86. The van der Waals surface area contributed by atoms with Crippen molar-refractivity contribution in [3.05, 3.63) is 76.2 Å². The molecule has 2 aromatic heterocycles. The first-order valence-corrected chi connectivity index (χ1v) is 10.5. The molecule has 9 heteroatoms. The average molecular weight is 423 g/mol. The summed E-state index contributed by atoms with van der Waals surface area (Å²) in [6.07, 6.45) is 0. The molecule has 4 rings (SSSR count). The van der Waals surface area contributed by atoms with Crippen LogP contribution in [0.3, 0.4) is 0 Å². The quantitative estimate of drug-likeness (QED) is 0.337. The molecule has 0 fully saturated rings. The van der Waals surface area contributed by atoms with Gasteiger partial charge in [0.25, 0.3) is 5.56 Å². The van der Waals surface area contributed by atoms with E-state index in [4.69, 9.17) is 4.74 Å². The summed E-state index contributed by atoms with van der Waals surface area (Å²) in [4.78, 5) is 13.2. The van der Waals surface area contributed by atoms with Crippen molar-refractivity contribution in [1.82, 2.24) is 29.6 Å². The molecule has 0 spiro atoms. The van der Waals surface area contributed by atoms with Gasteiger partial charge in [-0.25, -0.2) is 4.68 Å². The van der Waals surface area contributed by atoms with Crippen LogP contribution in [0.5, 0.6) is 5.75 Å². The summed E-state index contributed by atoms with van der Waals surface area (Å²) in [7, 11) is 1.85. The first-order chi connectivity index (χ1) is 14.6. The Morgan fingerprint density at radius 3 is 2.50 bits per heavy atom. The molecule has 2 heterocycles. The Kier molecular flexibility index (Phi) is 5.71. The fourth-order valence-electron chi connectivity index (χ4n) is 3.13. The van der Waals surface area contributed by atoms with Crippen molar-refractivity contribution < 1.29 is 4.74 Å². The molecule has 0 unspecified atom stereocenters. The van der Waals surface area contributed by atoms with Gasteiger partial charge in [0, 0.05) is 12.8 Å². The number of rotatable bonds is 7. The largest absolute Gasteiger partial charge is 0.493 e. The van der Waals surface area contributed by atoms with Crippen LogP contribution in [0.15, 0.2) is 64.5 Å². The molecule has 0 amide bonds. The molecule has 4 aromatic rings. The zero-order chi connectivity index (χ0) is 21.1. The lowest BCUT2D eigenvalue weighted by Crippen LogP contribution is -2.22. The first-order valence-electron chi connectivity index (χ1n) is 9.51. The van der Waals surface area contributed by atoms with Crippen molar-refractivity contribution in [3.8, 4) is 17.1 Å². The molecule has 8 nitrogen and oxygen atoms in total. The summed E-state index contributed by atoms with van der Waals surface area (Å²) >= 11 is 1.44. The van der Waals surface area contributed by atoms with Gasteiger partial charge >= 0.3 is 0 Å². The van der Waals surface area contributed by atoms with Crippen LogP contribution < -0.4 is 10.3 Å². The number of hydrogen-bond donors (Lipinski definition) is 0. The van der Waals surface area contributed by atoms with Gasteiger partial charge in [-0.2, -0.15) is 4.68 Å². The van der Waals surface area contributed by atoms with E-state index in [1.54, 1.807) is 4.68 Å². The lowest BCUT2D eigenvalue weighted by molar-refractivity contribution is 0.344. The molecule has 0 N–H and O–H groups in total. The zero-order valence-corrected chi connectivity index (χ0v) is 17.8. The van der Waals surface area contributed by atoms with E-state index >= 15 is 0 Å². The Bertz CT molecular complexity index is 1190. The summed E-state index contributed by atoms with van der Waals surface area (Å²) in [5.41, 5.74) is 3.01. The van der Waals surface area contributed by atoms with Crippen LogP contribution in [0, 0.1) is 13.8 Å². The Balaban J connectivity index is 1.53. The molecule has 0 saturated carbocycles. The number of hydrogen-bond acceptors (Lipinski definition) is 6. The van der Waals surface area contributed by atoms with Gasteiger partial charge in [0.15, 0.2) is 5.69 Å². The van der Waals surface area contributed by atoms with Gasteiger partial charge in [0.1, 0.15) is 5.75 Å². The highest BCUT2D eigenvalue weighted by Gasteiger charge is 2.21. The van der Waals surface area contributed by atoms with Crippen LogP contribution in [0.25, 0.3) is 11.4 Å². The number of para-hydroxylation sites is 1. The summed E-state index contributed by atoms with van der Waals surface area (Å²) in [6, 6.07) is 17.4. The van der Waals surface area contributed by atoms with Crippen molar-refractivity contribution in [1.29, 1.82) is 0 Å². The minimum Gasteiger partial charge on any atom is -0.493 e. The average Bonchev–Trinajstić information content (AvgIpc) is 3.29. The summed E-state index contributed by atoms with van der Waals surface area (Å²) in [5, 5.41) is 12.5. The Morgan fingerprint density at radius 1 is 1.03 bits per heavy atom. The molecule has 0 aliphatic heterocycles. The van der Waals surface area contributed by atoms with E-state index in [-0.39, 0.29) is 5.56 Å². The molecule has 0 bridgehead atoms. The maximum atomic E-state index is 13.2. The van der Waals surface area contributed by atoms with Crippen LogP contribution in [-0.4, -0.2) is 41.9 Å². The number of benzene rings is 2. The smallest absolute Gasteiger partial charge is 0.297 e. The van der Waals surface area contributed by atoms with Gasteiger partial charge in [-0.05, 0) is 48.5 Å². The number of tetrazole rings is 1. The molecule has 0 saturated heterocycles. The van der Waals surface area contributed by atoms with Crippen LogP contribution >= 0.6 is 11.8 Å². The summed E-state index contributed by atoms with van der Waals surface area (Å²) in [5.74, 6) is 1.47. The molecule has 0 aliphatic rings. The van der Waals surface area contributed by atoms with E-state index < -0.39 is 0 Å². The minimum absolute atomic E-state index is 0.175. The monoisotopic (exact) mass is 422 g/mol. The summed E-state index contributed by atoms with van der Waals surface area (Å²) < 4.78 is 10.7. The third-order valence-corrected chi connectivity index (χ3v) is 5.66. The van der Waals surface area contributed by atoms with E-state index in [0.29, 0.717) is 23.2 Å². The highest BCUT2D eigenvalue weighted by atomic mass is 32.2. The molecule has 0 aliphatic carbocycles. The molecular weight excluding hydrogens is 400 g/mol. The number of nitrogens with zero attached hydrogens (tertiary/aromatic N) is 6. The van der Waals surface area contributed by atoms with Crippen molar-refractivity contribution in [2.45, 2.75) is 19.0 Å². The zero-order valence-electron chi connectivity index (χ0n) is 17.0. The first kappa shape index (κ1) is 20.0. The van der Waals surface area contributed by atoms with Crippen molar-refractivity contribution >= 4 is 11.8 Å². The van der Waals surface area contributed by atoms with Crippen LogP contribution in [-0.2, 0) is 7.05 Å². The topological polar surface area (TPSA) is 79.8 Å². The van der Waals surface area contributed by atoms with Crippen LogP contribution in [0.4, 0.5) is 0 Å². The van der Waals surface area contributed by atoms with Gasteiger partial charge < -0.3 is 4.74 Å². The maximum Gasteiger partial charge on any atom is 0.297 e. The second-order valence-electron chi connectivity index (χ2n) is 6.79. The molecule has 0 atom stereocenters.